The molecule has 0 amide bonds. The topological polar surface area (TPSA) is 39.9 Å². The standard InChI is InChI=1S/C19H21N3OS/c1-3-16-8-6-9-17(13-16)23-11-12-24-19-21-20-14-22(19)18-10-5-4-7-15(18)2/h4-10,13-14H,3,11-12H2,1-2H3. The monoisotopic (exact) mass is 339 g/mol. The maximum Gasteiger partial charge on any atom is 0.195 e. The molecule has 2 aromatic carbocycles. The molecule has 3 rings (SSSR count). The molecule has 4 nitrogen and oxygen atoms in total. The van der Waals surface area contributed by atoms with Gasteiger partial charge in [0.15, 0.2) is 5.16 Å². The lowest BCUT2D eigenvalue weighted by Crippen LogP contribution is -2.03. The fourth-order valence-corrected chi connectivity index (χ4v) is 3.21. The first-order valence-corrected chi connectivity index (χ1v) is 9.07. The molecule has 5 heteroatoms. The first-order valence-electron chi connectivity index (χ1n) is 8.08. The van der Waals surface area contributed by atoms with Crippen LogP contribution in [-0.4, -0.2) is 27.1 Å². The van der Waals surface area contributed by atoms with Crippen LogP contribution < -0.4 is 4.74 Å². The van der Waals surface area contributed by atoms with Crippen molar-refractivity contribution in [2.24, 2.45) is 0 Å². The van der Waals surface area contributed by atoms with Crippen molar-refractivity contribution >= 4 is 11.8 Å². The van der Waals surface area contributed by atoms with E-state index < -0.39 is 0 Å². The highest BCUT2D eigenvalue weighted by Crippen LogP contribution is 2.22. The first kappa shape index (κ1) is 16.6. The summed E-state index contributed by atoms with van der Waals surface area (Å²) in [5.74, 6) is 1.75. The van der Waals surface area contributed by atoms with E-state index in [0.29, 0.717) is 6.61 Å². The van der Waals surface area contributed by atoms with Crippen molar-refractivity contribution in [3.05, 3.63) is 66.0 Å². The van der Waals surface area contributed by atoms with E-state index in [0.717, 1.165) is 28.8 Å². The van der Waals surface area contributed by atoms with Gasteiger partial charge in [-0.25, -0.2) is 0 Å². The lowest BCUT2D eigenvalue weighted by atomic mass is 10.2. The zero-order chi connectivity index (χ0) is 16.8. The minimum atomic E-state index is 0.637. The molecule has 0 N–H and O–H groups in total. The number of aryl methyl sites for hydroxylation is 2. The quantitative estimate of drug-likeness (QED) is 0.475. The van der Waals surface area contributed by atoms with Gasteiger partial charge in [-0.15, -0.1) is 10.2 Å². The third kappa shape index (κ3) is 3.97. The normalized spacial score (nSPS) is 10.8. The highest BCUT2D eigenvalue weighted by atomic mass is 32.2. The van der Waals surface area contributed by atoms with Crippen molar-refractivity contribution in [2.45, 2.75) is 25.4 Å². The molecule has 0 radical (unpaired) electrons. The molecule has 0 atom stereocenters. The molecule has 0 aliphatic heterocycles. The summed E-state index contributed by atoms with van der Waals surface area (Å²) in [6, 6.07) is 16.5. The molecular weight excluding hydrogens is 318 g/mol. The number of thioether (sulfide) groups is 1. The Balaban J connectivity index is 1.58. The van der Waals surface area contributed by atoms with E-state index in [1.807, 2.05) is 28.8 Å². The molecule has 1 aromatic heterocycles. The van der Waals surface area contributed by atoms with Crippen molar-refractivity contribution in [3.63, 3.8) is 0 Å². The Morgan fingerprint density at radius 3 is 2.83 bits per heavy atom. The first-order chi connectivity index (χ1) is 11.8. The summed E-state index contributed by atoms with van der Waals surface area (Å²) in [4.78, 5) is 0. The zero-order valence-electron chi connectivity index (χ0n) is 14.0. The summed E-state index contributed by atoms with van der Waals surface area (Å²) < 4.78 is 7.86. The van der Waals surface area contributed by atoms with Gasteiger partial charge in [0, 0.05) is 5.75 Å². The van der Waals surface area contributed by atoms with Crippen molar-refractivity contribution in [1.29, 1.82) is 0 Å². The van der Waals surface area contributed by atoms with Crippen molar-refractivity contribution in [2.75, 3.05) is 12.4 Å². The second kappa shape index (κ2) is 8.02. The summed E-state index contributed by atoms with van der Waals surface area (Å²) in [5, 5.41) is 9.16. The molecule has 0 saturated heterocycles. The molecule has 0 aliphatic carbocycles. The number of para-hydroxylation sites is 1. The van der Waals surface area contributed by atoms with E-state index in [4.69, 9.17) is 4.74 Å². The molecule has 24 heavy (non-hydrogen) atoms. The molecule has 1 heterocycles. The predicted octanol–water partition coefficient (Wildman–Crippen LogP) is 4.31. The van der Waals surface area contributed by atoms with Crippen LogP contribution in [0.4, 0.5) is 0 Å². The number of nitrogens with zero attached hydrogens (tertiary/aromatic N) is 3. The lowest BCUT2D eigenvalue weighted by molar-refractivity contribution is 0.343. The van der Waals surface area contributed by atoms with E-state index in [9.17, 15) is 0 Å². The SMILES string of the molecule is CCc1cccc(OCCSc2nncn2-c2ccccc2C)c1. The van der Waals surface area contributed by atoms with E-state index in [-0.39, 0.29) is 0 Å². The van der Waals surface area contributed by atoms with E-state index in [1.54, 1.807) is 18.1 Å². The maximum atomic E-state index is 5.84. The fraction of sp³-hybridized carbons (Fsp3) is 0.263. The smallest absolute Gasteiger partial charge is 0.195 e. The molecule has 0 saturated carbocycles. The number of hydrogen-bond acceptors (Lipinski definition) is 4. The number of aromatic nitrogens is 3. The molecule has 0 spiro atoms. The van der Waals surface area contributed by atoms with Crippen LogP contribution in [0.2, 0.25) is 0 Å². The molecule has 0 bridgehead atoms. The highest BCUT2D eigenvalue weighted by molar-refractivity contribution is 7.99. The average Bonchev–Trinajstić information content (AvgIpc) is 3.07. The molecule has 0 aliphatic rings. The fourth-order valence-electron chi connectivity index (χ4n) is 2.47. The van der Waals surface area contributed by atoms with Crippen LogP contribution in [0.25, 0.3) is 5.69 Å². The largest absolute Gasteiger partial charge is 0.493 e. The molecular formula is C19H21N3OS. The summed E-state index contributed by atoms with van der Waals surface area (Å²) >= 11 is 1.65. The minimum absolute atomic E-state index is 0.637. The third-order valence-corrected chi connectivity index (χ3v) is 4.69. The Labute approximate surface area is 146 Å². The molecule has 3 aromatic rings. The van der Waals surface area contributed by atoms with Crippen LogP contribution in [0, 0.1) is 6.92 Å². The third-order valence-electron chi connectivity index (χ3n) is 3.78. The van der Waals surface area contributed by atoms with Gasteiger partial charge in [-0.05, 0) is 42.7 Å². The van der Waals surface area contributed by atoms with Gasteiger partial charge in [0.2, 0.25) is 0 Å². The van der Waals surface area contributed by atoms with Gasteiger partial charge < -0.3 is 4.74 Å². The Hall–Kier alpha value is -2.27. The van der Waals surface area contributed by atoms with E-state index in [1.165, 1.54) is 11.1 Å². The van der Waals surface area contributed by atoms with Crippen molar-refractivity contribution in [3.8, 4) is 11.4 Å². The summed E-state index contributed by atoms with van der Waals surface area (Å²) in [7, 11) is 0. The summed E-state index contributed by atoms with van der Waals surface area (Å²) in [6.45, 7) is 4.87. The van der Waals surface area contributed by atoms with Gasteiger partial charge >= 0.3 is 0 Å². The number of benzene rings is 2. The van der Waals surface area contributed by atoms with Gasteiger partial charge in [-0.3, -0.25) is 4.57 Å². The van der Waals surface area contributed by atoms with Gasteiger partial charge in [-0.2, -0.15) is 0 Å². The average molecular weight is 339 g/mol. The molecule has 0 fully saturated rings. The summed E-state index contributed by atoms with van der Waals surface area (Å²) in [5.41, 5.74) is 3.60. The van der Waals surface area contributed by atoms with Gasteiger partial charge in [0.05, 0.1) is 12.3 Å². The number of rotatable bonds is 7. The van der Waals surface area contributed by atoms with Gasteiger partial charge in [0.25, 0.3) is 0 Å². The van der Waals surface area contributed by atoms with Gasteiger partial charge in [0.1, 0.15) is 12.1 Å². The second-order valence-corrected chi connectivity index (χ2v) is 6.53. The second-order valence-electron chi connectivity index (χ2n) is 5.47. The van der Waals surface area contributed by atoms with Crippen molar-refractivity contribution in [1.82, 2.24) is 14.8 Å². The Kier molecular flexibility index (Phi) is 5.54. The zero-order valence-corrected chi connectivity index (χ0v) is 14.8. The predicted molar refractivity (Wildman–Crippen MR) is 98.1 cm³/mol. The van der Waals surface area contributed by atoms with Crippen LogP contribution in [-0.2, 0) is 6.42 Å². The van der Waals surface area contributed by atoms with E-state index >= 15 is 0 Å². The highest BCUT2D eigenvalue weighted by Gasteiger charge is 2.08. The molecule has 124 valence electrons. The molecule has 0 unspecified atom stereocenters. The van der Waals surface area contributed by atoms with Crippen LogP contribution in [0.15, 0.2) is 60.0 Å². The van der Waals surface area contributed by atoms with Crippen LogP contribution in [0.3, 0.4) is 0 Å². The minimum Gasteiger partial charge on any atom is -0.493 e. The maximum absolute atomic E-state index is 5.84. The van der Waals surface area contributed by atoms with Crippen LogP contribution in [0.1, 0.15) is 18.1 Å². The number of ether oxygens (including phenoxy) is 1. The van der Waals surface area contributed by atoms with Gasteiger partial charge in [-0.1, -0.05) is 49.0 Å². The van der Waals surface area contributed by atoms with Crippen LogP contribution >= 0.6 is 11.8 Å². The number of hydrogen-bond donors (Lipinski definition) is 0. The summed E-state index contributed by atoms with van der Waals surface area (Å²) in [6.07, 6.45) is 2.78. The Morgan fingerprint density at radius 2 is 2.00 bits per heavy atom. The van der Waals surface area contributed by atoms with Crippen molar-refractivity contribution < 1.29 is 4.74 Å². The van der Waals surface area contributed by atoms with E-state index in [2.05, 4.69) is 48.3 Å². The lowest BCUT2D eigenvalue weighted by Gasteiger charge is -2.10. The Bertz CT molecular complexity index is 801. The van der Waals surface area contributed by atoms with Crippen LogP contribution in [0.5, 0.6) is 5.75 Å². The Morgan fingerprint density at radius 1 is 1.12 bits per heavy atom.